The fraction of sp³-hybridized carbons (Fsp3) is 0.259. The third-order valence-corrected chi connectivity index (χ3v) is 6.45. The molecule has 0 radical (unpaired) electrons. The number of fused-ring (bicyclic) bond motifs is 3. The van der Waals surface area contributed by atoms with Gasteiger partial charge in [0.15, 0.2) is 22.8 Å². The first-order valence-corrected chi connectivity index (χ1v) is 11.3. The molecule has 0 unspecified atom stereocenters. The van der Waals surface area contributed by atoms with Crippen LogP contribution in [0.5, 0.6) is 11.5 Å². The second-order valence-corrected chi connectivity index (χ2v) is 8.64. The van der Waals surface area contributed by atoms with E-state index in [9.17, 15) is 4.79 Å². The van der Waals surface area contributed by atoms with Crippen LogP contribution in [0.25, 0.3) is 11.0 Å². The first-order chi connectivity index (χ1) is 16.2. The summed E-state index contributed by atoms with van der Waals surface area (Å²) in [5, 5.41) is 0.947. The molecule has 0 saturated heterocycles. The van der Waals surface area contributed by atoms with E-state index in [4.69, 9.17) is 13.9 Å². The van der Waals surface area contributed by atoms with Crippen molar-refractivity contribution in [2.75, 3.05) is 19.8 Å². The number of ether oxygens (including phenoxy) is 2. The molecule has 0 saturated carbocycles. The fourth-order valence-electron chi connectivity index (χ4n) is 4.70. The minimum absolute atomic E-state index is 0.180. The Hall–Kier alpha value is -3.64. The molecule has 0 spiro atoms. The molecule has 166 valence electrons. The molecule has 6 nitrogen and oxygen atoms in total. The standard InChI is InChI=1S/C27H24N2O4/c1-17-27-22(21(14-28-17)16-29-9-8-18-4-2-3-5-20(18)15-29)13-25(33-27)26(30)19-6-7-23-24(12-19)32-11-10-31-23/h2-7,12-14H,8-11,15-16H2,1H3. The number of benzene rings is 2. The Labute approximate surface area is 191 Å². The van der Waals surface area contributed by atoms with Gasteiger partial charge in [-0.1, -0.05) is 24.3 Å². The van der Waals surface area contributed by atoms with Gasteiger partial charge in [-0.15, -0.1) is 0 Å². The van der Waals surface area contributed by atoms with Crippen molar-refractivity contribution >= 4 is 16.8 Å². The minimum atomic E-state index is -0.180. The Kier molecular flexibility index (Phi) is 4.88. The summed E-state index contributed by atoms with van der Waals surface area (Å²) in [4.78, 5) is 20.2. The Balaban J connectivity index is 1.30. The van der Waals surface area contributed by atoms with E-state index >= 15 is 0 Å². The van der Waals surface area contributed by atoms with E-state index in [0.717, 1.165) is 42.7 Å². The van der Waals surface area contributed by atoms with Crippen LogP contribution >= 0.6 is 0 Å². The zero-order chi connectivity index (χ0) is 22.4. The van der Waals surface area contributed by atoms with Crippen molar-refractivity contribution in [1.82, 2.24) is 9.88 Å². The average Bonchev–Trinajstić information content (AvgIpc) is 3.32. The van der Waals surface area contributed by atoms with Gasteiger partial charge in [-0.2, -0.15) is 0 Å². The van der Waals surface area contributed by atoms with E-state index in [1.165, 1.54) is 11.1 Å². The highest BCUT2D eigenvalue weighted by Crippen LogP contribution is 2.33. The highest BCUT2D eigenvalue weighted by Gasteiger charge is 2.22. The number of ketones is 1. The normalized spacial score (nSPS) is 15.4. The molecule has 6 heteroatoms. The van der Waals surface area contributed by atoms with Crippen LogP contribution < -0.4 is 9.47 Å². The summed E-state index contributed by atoms with van der Waals surface area (Å²) in [6, 6.07) is 15.7. The maximum Gasteiger partial charge on any atom is 0.228 e. The molecule has 0 aliphatic carbocycles. The van der Waals surface area contributed by atoms with E-state index in [0.29, 0.717) is 41.6 Å². The lowest BCUT2D eigenvalue weighted by Crippen LogP contribution is -2.30. The van der Waals surface area contributed by atoms with Crippen LogP contribution in [0.4, 0.5) is 0 Å². The van der Waals surface area contributed by atoms with Crippen LogP contribution in [0.1, 0.15) is 38.5 Å². The Bertz CT molecular complexity index is 1370. The van der Waals surface area contributed by atoms with E-state index < -0.39 is 0 Å². The molecule has 2 aromatic heterocycles. The summed E-state index contributed by atoms with van der Waals surface area (Å²) in [6.07, 6.45) is 2.95. The van der Waals surface area contributed by atoms with Crippen LogP contribution in [0.2, 0.25) is 0 Å². The minimum Gasteiger partial charge on any atom is -0.486 e. The number of hydrogen-bond acceptors (Lipinski definition) is 6. The van der Waals surface area contributed by atoms with Crippen molar-refractivity contribution in [1.29, 1.82) is 0 Å². The summed E-state index contributed by atoms with van der Waals surface area (Å²) < 4.78 is 17.2. The Morgan fingerprint density at radius 1 is 1.03 bits per heavy atom. The van der Waals surface area contributed by atoms with Crippen LogP contribution in [0.15, 0.2) is 59.1 Å². The molecule has 6 rings (SSSR count). The Morgan fingerprint density at radius 2 is 1.85 bits per heavy atom. The number of nitrogens with zero attached hydrogens (tertiary/aromatic N) is 2. The monoisotopic (exact) mass is 440 g/mol. The molecular weight excluding hydrogens is 416 g/mol. The van der Waals surface area contributed by atoms with Crippen molar-refractivity contribution in [3.8, 4) is 11.5 Å². The number of pyridine rings is 1. The van der Waals surface area contributed by atoms with Gasteiger partial charge in [0.25, 0.3) is 0 Å². The molecule has 4 heterocycles. The molecular formula is C27H24N2O4. The highest BCUT2D eigenvalue weighted by atomic mass is 16.6. The number of carbonyl (C=O) groups excluding carboxylic acids is 1. The third-order valence-electron chi connectivity index (χ3n) is 6.45. The largest absolute Gasteiger partial charge is 0.486 e. The van der Waals surface area contributed by atoms with E-state index in [1.807, 2.05) is 19.2 Å². The third kappa shape index (κ3) is 3.66. The molecule has 33 heavy (non-hydrogen) atoms. The van der Waals surface area contributed by atoms with Gasteiger partial charge in [0, 0.05) is 36.8 Å². The van der Waals surface area contributed by atoms with Gasteiger partial charge in [0.2, 0.25) is 5.78 Å². The van der Waals surface area contributed by atoms with Gasteiger partial charge in [0.1, 0.15) is 13.2 Å². The zero-order valence-corrected chi connectivity index (χ0v) is 18.5. The van der Waals surface area contributed by atoms with Crippen LogP contribution in [0.3, 0.4) is 0 Å². The molecule has 0 atom stereocenters. The van der Waals surface area contributed by atoms with Gasteiger partial charge < -0.3 is 13.9 Å². The predicted molar refractivity (Wildman–Crippen MR) is 124 cm³/mol. The molecule has 0 fully saturated rings. The second kappa shape index (κ2) is 8.05. The molecule has 4 aromatic rings. The molecule has 0 bridgehead atoms. The lowest BCUT2D eigenvalue weighted by Gasteiger charge is -2.28. The summed E-state index contributed by atoms with van der Waals surface area (Å²) >= 11 is 0. The van der Waals surface area contributed by atoms with E-state index in [2.05, 4.69) is 34.1 Å². The average molecular weight is 440 g/mol. The smallest absolute Gasteiger partial charge is 0.228 e. The van der Waals surface area contributed by atoms with Crippen LogP contribution in [-0.4, -0.2) is 35.4 Å². The first kappa shape index (κ1) is 20.0. The van der Waals surface area contributed by atoms with Gasteiger partial charge in [0.05, 0.1) is 5.69 Å². The van der Waals surface area contributed by atoms with Crippen molar-refractivity contribution in [3.63, 3.8) is 0 Å². The lowest BCUT2D eigenvalue weighted by atomic mass is 9.99. The summed E-state index contributed by atoms with van der Waals surface area (Å²) in [6.45, 7) is 5.56. The highest BCUT2D eigenvalue weighted by molar-refractivity contribution is 6.09. The quantitative estimate of drug-likeness (QED) is 0.429. The van der Waals surface area contributed by atoms with E-state index in [1.54, 1.807) is 18.2 Å². The number of furan rings is 1. The molecule has 0 N–H and O–H groups in total. The zero-order valence-electron chi connectivity index (χ0n) is 18.5. The van der Waals surface area contributed by atoms with Crippen LogP contribution in [-0.2, 0) is 19.5 Å². The Morgan fingerprint density at radius 3 is 2.73 bits per heavy atom. The molecule has 2 aliphatic rings. The number of rotatable bonds is 4. The number of aromatic nitrogens is 1. The molecule has 0 amide bonds. The van der Waals surface area contributed by atoms with E-state index in [-0.39, 0.29) is 5.78 Å². The van der Waals surface area contributed by atoms with Gasteiger partial charge >= 0.3 is 0 Å². The van der Waals surface area contributed by atoms with Gasteiger partial charge in [-0.05, 0) is 54.3 Å². The summed E-state index contributed by atoms with van der Waals surface area (Å²) in [5.41, 5.74) is 5.83. The molecule has 2 aliphatic heterocycles. The topological polar surface area (TPSA) is 64.8 Å². The lowest BCUT2D eigenvalue weighted by molar-refractivity contribution is 0.101. The summed E-state index contributed by atoms with van der Waals surface area (Å²) in [7, 11) is 0. The van der Waals surface area contributed by atoms with Crippen molar-refractivity contribution in [2.24, 2.45) is 0 Å². The van der Waals surface area contributed by atoms with Crippen LogP contribution in [0, 0.1) is 6.92 Å². The summed E-state index contributed by atoms with van der Waals surface area (Å²) in [5.74, 6) is 1.38. The maximum atomic E-state index is 13.2. The number of hydrogen-bond donors (Lipinski definition) is 0. The molecule has 2 aromatic carbocycles. The van der Waals surface area contributed by atoms with Gasteiger partial charge in [-0.25, -0.2) is 0 Å². The number of carbonyl (C=O) groups is 1. The second-order valence-electron chi connectivity index (χ2n) is 8.64. The van der Waals surface area contributed by atoms with Crippen molar-refractivity contribution in [2.45, 2.75) is 26.4 Å². The predicted octanol–water partition coefficient (Wildman–Crippen LogP) is 4.70. The van der Waals surface area contributed by atoms with Crippen molar-refractivity contribution in [3.05, 3.63) is 88.4 Å². The SMILES string of the molecule is Cc1ncc(CN2CCc3ccccc3C2)c2cc(C(=O)c3ccc4c(c3)OCCO4)oc12. The maximum absolute atomic E-state index is 13.2. The fourth-order valence-corrected chi connectivity index (χ4v) is 4.70. The van der Waals surface area contributed by atoms with Gasteiger partial charge in [-0.3, -0.25) is 14.7 Å². The number of aryl methyl sites for hydroxylation is 1. The van der Waals surface area contributed by atoms with Crippen molar-refractivity contribution < 1.29 is 18.7 Å². The first-order valence-electron chi connectivity index (χ1n) is 11.3.